The van der Waals surface area contributed by atoms with E-state index in [0.29, 0.717) is 0 Å². The Bertz CT molecular complexity index is 163. The second-order valence-electron chi connectivity index (χ2n) is 1.82. The maximum Gasteiger partial charge on any atom is 0.219 e. The van der Waals surface area contributed by atoms with Gasteiger partial charge in [0.2, 0.25) is 5.91 Å². The molecule has 2 N–H and O–H groups in total. The molecule has 0 aromatic carbocycles. The second kappa shape index (κ2) is 3.71. The third-order valence-electron chi connectivity index (χ3n) is 0.674. The highest BCUT2D eigenvalue weighted by molar-refractivity contribution is 7.50. The van der Waals surface area contributed by atoms with Crippen molar-refractivity contribution in [2.45, 2.75) is 6.42 Å². The molecule has 0 saturated heterocycles. The summed E-state index contributed by atoms with van der Waals surface area (Å²) in [5.74, 6) is -0.576. The van der Waals surface area contributed by atoms with E-state index in [-0.39, 0.29) is 13.0 Å². The number of hydrogen-bond donors (Lipinski definition) is 1. The molecular formula is C4H9NO4P-. The van der Waals surface area contributed by atoms with Crippen LogP contribution in [0.15, 0.2) is 0 Å². The first-order valence-corrected chi connectivity index (χ1v) is 4.62. The first-order valence-electron chi connectivity index (χ1n) is 2.63. The van der Waals surface area contributed by atoms with E-state index in [4.69, 9.17) is 5.73 Å². The van der Waals surface area contributed by atoms with Crippen molar-refractivity contribution in [2.75, 3.05) is 13.3 Å². The Morgan fingerprint density at radius 3 is 2.60 bits per heavy atom. The summed E-state index contributed by atoms with van der Waals surface area (Å²) in [7, 11) is -3.68. The molecule has 0 aromatic heterocycles. The number of carbonyl (C=O) groups is 1. The topological polar surface area (TPSA) is 92.4 Å². The van der Waals surface area contributed by atoms with Gasteiger partial charge in [0.05, 0.1) is 13.0 Å². The van der Waals surface area contributed by atoms with Crippen molar-refractivity contribution in [3.05, 3.63) is 0 Å². The first-order chi connectivity index (χ1) is 4.42. The van der Waals surface area contributed by atoms with E-state index < -0.39 is 13.5 Å². The number of rotatable bonds is 4. The van der Waals surface area contributed by atoms with Gasteiger partial charge in [-0.2, -0.15) is 0 Å². The second-order valence-corrected chi connectivity index (χ2v) is 3.62. The van der Waals surface area contributed by atoms with Crippen molar-refractivity contribution < 1.29 is 18.8 Å². The molecule has 0 rings (SSSR count). The molecule has 0 aliphatic heterocycles. The Hall–Kier alpha value is -0.380. The van der Waals surface area contributed by atoms with Crippen LogP contribution in [0.3, 0.4) is 0 Å². The van der Waals surface area contributed by atoms with E-state index in [2.05, 4.69) is 4.52 Å². The van der Waals surface area contributed by atoms with E-state index >= 15 is 0 Å². The molecule has 0 radical (unpaired) electrons. The van der Waals surface area contributed by atoms with Gasteiger partial charge < -0.3 is 19.7 Å². The Balaban J connectivity index is 3.39. The largest absolute Gasteiger partial charge is 0.779 e. The van der Waals surface area contributed by atoms with E-state index in [1.807, 2.05) is 0 Å². The molecule has 5 nitrogen and oxygen atoms in total. The van der Waals surface area contributed by atoms with Crippen molar-refractivity contribution in [1.82, 2.24) is 0 Å². The molecular weight excluding hydrogens is 157 g/mol. The maximum atomic E-state index is 10.3. The van der Waals surface area contributed by atoms with Crippen LogP contribution in [0.1, 0.15) is 6.42 Å². The lowest BCUT2D eigenvalue weighted by Crippen LogP contribution is -2.14. The first kappa shape index (κ1) is 9.62. The van der Waals surface area contributed by atoms with Gasteiger partial charge in [-0.25, -0.2) is 0 Å². The number of amides is 1. The summed E-state index contributed by atoms with van der Waals surface area (Å²) in [4.78, 5) is 20.3. The number of primary amides is 1. The summed E-state index contributed by atoms with van der Waals surface area (Å²) >= 11 is 0. The van der Waals surface area contributed by atoms with Crippen molar-refractivity contribution >= 4 is 13.5 Å². The molecule has 0 heterocycles. The predicted octanol–water partition coefficient (Wildman–Crippen LogP) is -0.938. The molecule has 0 fully saturated rings. The van der Waals surface area contributed by atoms with Crippen LogP contribution in [-0.2, 0) is 13.9 Å². The zero-order chi connectivity index (χ0) is 8.20. The van der Waals surface area contributed by atoms with Gasteiger partial charge >= 0.3 is 0 Å². The average Bonchev–Trinajstić information content (AvgIpc) is 1.59. The van der Waals surface area contributed by atoms with Gasteiger partial charge in [-0.15, -0.1) is 0 Å². The molecule has 6 heteroatoms. The Morgan fingerprint density at radius 2 is 2.30 bits per heavy atom. The van der Waals surface area contributed by atoms with Crippen LogP contribution >= 0.6 is 7.60 Å². The molecule has 0 aliphatic rings. The third kappa shape index (κ3) is 7.62. The van der Waals surface area contributed by atoms with Crippen molar-refractivity contribution in [3.8, 4) is 0 Å². The lowest BCUT2D eigenvalue weighted by molar-refractivity contribution is -0.196. The maximum absolute atomic E-state index is 10.3. The van der Waals surface area contributed by atoms with Gasteiger partial charge in [-0.05, 0) is 0 Å². The highest BCUT2D eigenvalue weighted by Crippen LogP contribution is 2.30. The molecule has 1 unspecified atom stereocenters. The molecule has 10 heavy (non-hydrogen) atoms. The van der Waals surface area contributed by atoms with Crippen LogP contribution < -0.4 is 10.6 Å². The van der Waals surface area contributed by atoms with E-state index in [1.54, 1.807) is 0 Å². The smallest absolute Gasteiger partial charge is 0.219 e. The predicted molar refractivity (Wildman–Crippen MR) is 33.3 cm³/mol. The van der Waals surface area contributed by atoms with Gasteiger partial charge in [0.25, 0.3) is 0 Å². The molecule has 0 saturated carbocycles. The Labute approximate surface area is 58.7 Å². The van der Waals surface area contributed by atoms with Gasteiger partial charge in [0, 0.05) is 6.66 Å². The third-order valence-corrected chi connectivity index (χ3v) is 1.33. The van der Waals surface area contributed by atoms with Crippen LogP contribution in [-0.4, -0.2) is 19.2 Å². The molecule has 60 valence electrons. The fourth-order valence-corrected chi connectivity index (χ4v) is 0.735. The molecule has 1 amide bonds. The standard InChI is InChI=1S/C4H10NO4P/c1-10(7,8)9-3-2-4(5)6/h2-3H2,1H3,(H2,5,6)(H,7,8)/p-1. The Kier molecular flexibility index (Phi) is 3.57. The van der Waals surface area contributed by atoms with E-state index in [0.717, 1.165) is 6.66 Å². The minimum absolute atomic E-state index is 0.0694. The molecule has 1 atom stereocenters. The zero-order valence-corrected chi connectivity index (χ0v) is 6.47. The van der Waals surface area contributed by atoms with Gasteiger partial charge in [-0.1, -0.05) is 0 Å². The zero-order valence-electron chi connectivity index (χ0n) is 5.57. The summed E-state index contributed by atoms with van der Waals surface area (Å²) in [6.07, 6.45) is -0.0694. The monoisotopic (exact) mass is 166 g/mol. The lowest BCUT2D eigenvalue weighted by atomic mass is 10.4. The minimum atomic E-state index is -3.68. The fourth-order valence-electron chi connectivity index (χ4n) is 0.312. The van der Waals surface area contributed by atoms with Crippen molar-refractivity contribution in [2.24, 2.45) is 5.73 Å². The molecule has 0 aliphatic carbocycles. The van der Waals surface area contributed by atoms with Crippen LogP contribution in [0.4, 0.5) is 0 Å². The quantitative estimate of drug-likeness (QED) is 0.545. The lowest BCUT2D eigenvalue weighted by Gasteiger charge is -2.16. The molecule has 0 spiro atoms. The highest BCUT2D eigenvalue weighted by atomic mass is 31.2. The summed E-state index contributed by atoms with van der Waals surface area (Å²) in [5.41, 5.74) is 4.71. The van der Waals surface area contributed by atoms with Crippen LogP contribution in [0.5, 0.6) is 0 Å². The Morgan fingerprint density at radius 1 is 1.80 bits per heavy atom. The minimum Gasteiger partial charge on any atom is -0.779 e. The van der Waals surface area contributed by atoms with Crippen molar-refractivity contribution in [3.63, 3.8) is 0 Å². The molecule has 0 bridgehead atoms. The number of carbonyl (C=O) groups excluding carboxylic acids is 1. The summed E-state index contributed by atoms with van der Waals surface area (Å²) in [5, 5.41) is 0. The van der Waals surface area contributed by atoms with E-state index in [9.17, 15) is 14.3 Å². The summed E-state index contributed by atoms with van der Waals surface area (Å²) in [6, 6.07) is 0. The summed E-state index contributed by atoms with van der Waals surface area (Å²) in [6.45, 7) is 0.778. The summed E-state index contributed by atoms with van der Waals surface area (Å²) < 4.78 is 14.5. The van der Waals surface area contributed by atoms with Crippen molar-refractivity contribution in [1.29, 1.82) is 0 Å². The van der Waals surface area contributed by atoms with Gasteiger partial charge in [-0.3, -0.25) is 4.79 Å². The fraction of sp³-hybridized carbons (Fsp3) is 0.750. The normalized spacial score (nSPS) is 16.2. The van der Waals surface area contributed by atoms with Crippen LogP contribution in [0.25, 0.3) is 0 Å². The molecule has 0 aromatic rings. The number of nitrogens with two attached hydrogens (primary N) is 1. The van der Waals surface area contributed by atoms with Crippen LogP contribution in [0.2, 0.25) is 0 Å². The highest BCUT2D eigenvalue weighted by Gasteiger charge is 1.99. The average molecular weight is 166 g/mol. The number of hydrogen-bond acceptors (Lipinski definition) is 4. The van der Waals surface area contributed by atoms with E-state index in [1.165, 1.54) is 0 Å². The van der Waals surface area contributed by atoms with Crippen LogP contribution in [0, 0.1) is 0 Å². The SMILES string of the molecule is CP(=O)([O-])OCCC(N)=O. The van der Waals surface area contributed by atoms with Gasteiger partial charge in [0.15, 0.2) is 0 Å². The van der Waals surface area contributed by atoms with Gasteiger partial charge in [0.1, 0.15) is 7.60 Å².